The fraction of sp³-hybridized carbons (Fsp3) is 0. The van der Waals surface area contributed by atoms with Gasteiger partial charge in [-0.25, -0.2) is 0 Å². The van der Waals surface area contributed by atoms with Gasteiger partial charge < -0.3 is 4.42 Å². The van der Waals surface area contributed by atoms with E-state index in [2.05, 4.69) is 10.2 Å². The van der Waals surface area contributed by atoms with Crippen molar-refractivity contribution in [2.24, 2.45) is 10.2 Å². The van der Waals surface area contributed by atoms with E-state index in [-0.39, 0.29) is 5.69 Å². The van der Waals surface area contributed by atoms with Gasteiger partial charge in [0.25, 0.3) is 5.69 Å². The Hall–Kier alpha value is -2.76. The van der Waals surface area contributed by atoms with Gasteiger partial charge in [-0.3, -0.25) is 10.1 Å². The molecule has 0 bridgehead atoms. The van der Waals surface area contributed by atoms with Gasteiger partial charge in [-0.05, 0) is 12.1 Å². The Morgan fingerprint density at radius 2 is 2.00 bits per heavy atom. The van der Waals surface area contributed by atoms with Gasteiger partial charge in [-0.15, -0.1) is 0 Å². The smallest absolute Gasteiger partial charge is 0.270 e. The fourth-order valence-corrected chi connectivity index (χ4v) is 1.27. The quantitative estimate of drug-likeness (QED) is 0.470. The fourth-order valence-electron chi connectivity index (χ4n) is 1.27. The summed E-state index contributed by atoms with van der Waals surface area (Å²) in [5.74, 6) is 0.589. The van der Waals surface area contributed by atoms with Crippen LogP contribution in [0.5, 0.6) is 0 Å². The Morgan fingerprint density at radius 3 is 2.72 bits per heavy atom. The molecule has 0 aliphatic carbocycles. The van der Waals surface area contributed by atoms with Crippen molar-refractivity contribution in [3.05, 3.63) is 64.1 Å². The SMILES string of the molecule is O=[N+]([O-])c1cccc(/C=N\N=C\c2ccco2)c1. The van der Waals surface area contributed by atoms with Gasteiger partial charge in [0.15, 0.2) is 0 Å². The van der Waals surface area contributed by atoms with Crippen molar-refractivity contribution < 1.29 is 9.34 Å². The van der Waals surface area contributed by atoms with Crippen LogP contribution in [-0.4, -0.2) is 17.4 Å². The number of non-ortho nitro benzene ring substituents is 1. The number of benzene rings is 1. The number of nitro groups is 1. The summed E-state index contributed by atoms with van der Waals surface area (Å²) in [7, 11) is 0. The zero-order valence-corrected chi connectivity index (χ0v) is 9.26. The first-order valence-corrected chi connectivity index (χ1v) is 5.10. The second-order valence-electron chi connectivity index (χ2n) is 3.36. The van der Waals surface area contributed by atoms with Crippen LogP contribution < -0.4 is 0 Å². The number of hydrogen-bond acceptors (Lipinski definition) is 5. The minimum absolute atomic E-state index is 0.0222. The lowest BCUT2D eigenvalue weighted by Gasteiger charge is -1.92. The van der Waals surface area contributed by atoms with Crippen LogP contribution in [0.3, 0.4) is 0 Å². The minimum atomic E-state index is -0.455. The zero-order valence-electron chi connectivity index (χ0n) is 9.26. The highest BCUT2D eigenvalue weighted by Gasteiger charge is 2.03. The summed E-state index contributed by atoms with van der Waals surface area (Å²) >= 11 is 0. The Bertz CT molecular complexity index is 588. The molecule has 0 fully saturated rings. The van der Waals surface area contributed by atoms with E-state index in [1.165, 1.54) is 30.8 Å². The van der Waals surface area contributed by atoms with E-state index in [1.54, 1.807) is 24.3 Å². The van der Waals surface area contributed by atoms with Crippen molar-refractivity contribution in [1.82, 2.24) is 0 Å². The summed E-state index contributed by atoms with van der Waals surface area (Å²) in [5.41, 5.74) is 0.634. The number of hydrogen-bond donors (Lipinski definition) is 0. The van der Waals surface area contributed by atoms with Gasteiger partial charge in [0.1, 0.15) is 5.76 Å². The van der Waals surface area contributed by atoms with E-state index in [0.29, 0.717) is 11.3 Å². The monoisotopic (exact) mass is 243 g/mol. The van der Waals surface area contributed by atoms with E-state index in [9.17, 15) is 10.1 Å². The van der Waals surface area contributed by atoms with Gasteiger partial charge in [0.2, 0.25) is 0 Å². The van der Waals surface area contributed by atoms with Crippen LogP contribution in [0.1, 0.15) is 11.3 Å². The highest BCUT2D eigenvalue weighted by atomic mass is 16.6. The Morgan fingerprint density at radius 1 is 1.17 bits per heavy atom. The molecular formula is C12H9N3O3. The molecule has 0 saturated heterocycles. The van der Waals surface area contributed by atoms with Crippen molar-refractivity contribution in [2.75, 3.05) is 0 Å². The van der Waals surface area contributed by atoms with Gasteiger partial charge in [0, 0.05) is 17.7 Å². The molecule has 90 valence electrons. The van der Waals surface area contributed by atoms with Crippen LogP contribution in [0, 0.1) is 10.1 Å². The second kappa shape index (κ2) is 5.53. The Balaban J connectivity index is 2.05. The normalized spacial score (nSPS) is 11.3. The number of nitrogens with zero attached hydrogens (tertiary/aromatic N) is 3. The van der Waals surface area contributed by atoms with E-state index >= 15 is 0 Å². The van der Waals surface area contributed by atoms with Gasteiger partial charge in [-0.1, -0.05) is 12.1 Å². The maximum absolute atomic E-state index is 10.6. The van der Waals surface area contributed by atoms with E-state index in [4.69, 9.17) is 4.42 Å². The summed E-state index contributed by atoms with van der Waals surface area (Å²) in [6, 6.07) is 9.63. The standard InChI is InChI=1S/C12H9N3O3/c16-15(17)11-4-1-3-10(7-11)8-13-14-9-12-5-2-6-18-12/h1-9H/b13-8-,14-9+. The predicted octanol–water partition coefficient (Wildman–Crippen LogP) is 2.64. The van der Waals surface area contributed by atoms with E-state index in [0.717, 1.165) is 0 Å². The lowest BCUT2D eigenvalue weighted by molar-refractivity contribution is -0.384. The van der Waals surface area contributed by atoms with Crippen molar-refractivity contribution in [3.63, 3.8) is 0 Å². The summed E-state index contributed by atoms with van der Waals surface area (Å²) in [5, 5.41) is 18.1. The van der Waals surface area contributed by atoms with E-state index in [1.807, 2.05) is 0 Å². The number of nitro benzene ring substituents is 1. The molecule has 1 aromatic heterocycles. The molecule has 0 aliphatic heterocycles. The van der Waals surface area contributed by atoms with Crippen LogP contribution in [0.15, 0.2) is 57.3 Å². The molecule has 6 nitrogen and oxygen atoms in total. The molecule has 0 amide bonds. The van der Waals surface area contributed by atoms with Crippen molar-refractivity contribution in [2.45, 2.75) is 0 Å². The van der Waals surface area contributed by atoms with Crippen molar-refractivity contribution >= 4 is 18.1 Å². The lowest BCUT2D eigenvalue weighted by atomic mass is 10.2. The average Bonchev–Trinajstić information content (AvgIpc) is 2.88. The molecule has 0 radical (unpaired) electrons. The van der Waals surface area contributed by atoms with Crippen LogP contribution in [0.4, 0.5) is 5.69 Å². The highest BCUT2D eigenvalue weighted by Crippen LogP contribution is 2.11. The van der Waals surface area contributed by atoms with Gasteiger partial charge in [0.05, 0.1) is 23.6 Å². The molecule has 0 saturated carbocycles. The third-order valence-electron chi connectivity index (χ3n) is 2.08. The van der Waals surface area contributed by atoms with Crippen LogP contribution in [0.25, 0.3) is 0 Å². The molecule has 2 rings (SSSR count). The molecule has 18 heavy (non-hydrogen) atoms. The maximum atomic E-state index is 10.6. The third kappa shape index (κ3) is 3.11. The summed E-state index contributed by atoms with van der Waals surface area (Å²) < 4.78 is 5.02. The molecule has 0 aliphatic rings. The topological polar surface area (TPSA) is 81.0 Å². The lowest BCUT2D eigenvalue weighted by Crippen LogP contribution is -1.89. The first-order valence-electron chi connectivity index (χ1n) is 5.10. The molecular weight excluding hydrogens is 234 g/mol. The van der Waals surface area contributed by atoms with E-state index < -0.39 is 4.92 Å². The highest BCUT2D eigenvalue weighted by molar-refractivity contribution is 5.82. The third-order valence-corrected chi connectivity index (χ3v) is 2.08. The largest absolute Gasteiger partial charge is 0.463 e. The molecule has 0 N–H and O–H groups in total. The summed E-state index contributed by atoms with van der Waals surface area (Å²) in [6.07, 6.45) is 4.42. The Labute approximate surface area is 102 Å². The molecule has 2 aromatic rings. The first kappa shape index (κ1) is 11.7. The van der Waals surface area contributed by atoms with Crippen molar-refractivity contribution in [1.29, 1.82) is 0 Å². The average molecular weight is 243 g/mol. The van der Waals surface area contributed by atoms with Crippen LogP contribution >= 0.6 is 0 Å². The molecule has 1 heterocycles. The molecule has 6 heteroatoms. The second-order valence-corrected chi connectivity index (χ2v) is 3.36. The summed E-state index contributed by atoms with van der Waals surface area (Å²) in [6.45, 7) is 0. The number of rotatable bonds is 4. The zero-order chi connectivity index (χ0) is 12.8. The predicted molar refractivity (Wildman–Crippen MR) is 67.0 cm³/mol. The molecule has 1 aromatic carbocycles. The maximum Gasteiger partial charge on any atom is 0.270 e. The van der Waals surface area contributed by atoms with Crippen LogP contribution in [-0.2, 0) is 0 Å². The summed E-state index contributed by atoms with van der Waals surface area (Å²) in [4.78, 5) is 10.1. The molecule has 0 unspecified atom stereocenters. The van der Waals surface area contributed by atoms with Crippen LogP contribution in [0.2, 0.25) is 0 Å². The first-order chi connectivity index (χ1) is 8.75. The molecule has 0 spiro atoms. The van der Waals surface area contributed by atoms with Gasteiger partial charge >= 0.3 is 0 Å². The van der Waals surface area contributed by atoms with Gasteiger partial charge in [-0.2, -0.15) is 10.2 Å². The minimum Gasteiger partial charge on any atom is -0.463 e. The Kier molecular flexibility index (Phi) is 3.60. The number of furan rings is 1. The van der Waals surface area contributed by atoms with Crippen molar-refractivity contribution in [3.8, 4) is 0 Å². The molecule has 0 atom stereocenters.